The average Bonchev–Trinajstić information content (AvgIpc) is 3.15. The Kier molecular flexibility index (Phi) is 6.50. The minimum atomic E-state index is -3.57. The number of aryl methyl sites for hydroxylation is 1. The Morgan fingerprint density at radius 2 is 1.94 bits per heavy atom. The maximum absolute atomic E-state index is 13.0. The molecule has 7 nitrogen and oxygen atoms in total. The Hall–Kier alpha value is -2.49. The largest absolute Gasteiger partial charge is 0.497 e. The van der Waals surface area contributed by atoms with Crippen LogP contribution in [0.5, 0.6) is 5.75 Å². The standard InChI is InChI=1S/C23H27N3O4S2/c1-4-25-20-13-10-18(30-3)15-21(20)31-23(25)24-22(27)17-8-11-19(12-9-17)32(28,29)26-14-6-5-7-16(26)2/h8-13,15-16H,4-7,14H2,1-3H3/t16-/m0/s1. The van der Waals surface area contributed by atoms with Crippen molar-refractivity contribution in [2.75, 3.05) is 13.7 Å². The lowest BCUT2D eigenvalue weighted by molar-refractivity contribution is 0.0997. The molecular weight excluding hydrogens is 446 g/mol. The van der Waals surface area contributed by atoms with Gasteiger partial charge in [0.2, 0.25) is 10.0 Å². The third-order valence-electron chi connectivity index (χ3n) is 5.85. The highest BCUT2D eigenvalue weighted by atomic mass is 32.2. The van der Waals surface area contributed by atoms with E-state index in [4.69, 9.17) is 4.74 Å². The fourth-order valence-corrected chi connectivity index (χ4v) is 6.88. The van der Waals surface area contributed by atoms with Crippen molar-refractivity contribution in [3.05, 3.63) is 52.8 Å². The minimum absolute atomic E-state index is 0.0128. The van der Waals surface area contributed by atoms with Crippen LogP contribution >= 0.6 is 11.3 Å². The van der Waals surface area contributed by atoms with Crippen LogP contribution < -0.4 is 9.54 Å². The number of piperidine rings is 1. The van der Waals surface area contributed by atoms with Crippen LogP contribution in [-0.2, 0) is 16.6 Å². The number of fused-ring (bicyclic) bond motifs is 1. The molecule has 1 amide bonds. The first-order chi connectivity index (χ1) is 15.3. The molecule has 0 radical (unpaired) electrons. The molecule has 1 aliphatic rings. The fraction of sp³-hybridized carbons (Fsp3) is 0.391. The SMILES string of the molecule is CCn1c(=NC(=O)c2ccc(S(=O)(=O)N3CCCC[C@@H]3C)cc2)sc2cc(OC)ccc21. The maximum atomic E-state index is 13.0. The molecule has 1 saturated heterocycles. The molecule has 4 rings (SSSR count). The van der Waals surface area contributed by atoms with Gasteiger partial charge in [0.1, 0.15) is 5.75 Å². The molecule has 2 heterocycles. The second-order valence-electron chi connectivity index (χ2n) is 7.86. The van der Waals surface area contributed by atoms with Crippen molar-refractivity contribution in [3.8, 4) is 5.75 Å². The quantitative estimate of drug-likeness (QED) is 0.560. The number of carbonyl (C=O) groups is 1. The van der Waals surface area contributed by atoms with Gasteiger partial charge < -0.3 is 9.30 Å². The molecule has 0 spiro atoms. The molecule has 0 bridgehead atoms. The van der Waals surface area contributed by atoms with E-state index < -0.39 is 15.9 Å². The Morgan fingerprint density at radius 3 is 2.59 bits per heavy atom. The number of methoxy groups -OCH3 is 1. The summed E-state index contributed by atoms with van der Waals surface area (Å²) in [5.41, 5.74) is 1.34. The van der Waals surface area contributed by atoms with Gasteiger partial charge in [0.05, 0.1) is 22.2 Å². The van der Waals surface area contributed by atoms with Crippen LogP contribution in [0.3, 0.4) is 0 Å². The molecule has 2 aromatic carbocycles. The molecule has 0 N–H and O–H groups in total. The summed E-state index contributed by atoms with van der Waals surface area (Å²) in [6, 6.07) is 11.8. The van der Waals surface area contributed by atoms with Gasteiger partial charge in [-0.25, -0.2) is 8.42 Å². The zero-order valence-corrected chi connectivity index (χ0v) is 20.1. The molecule has 170 valence electrons. The van der Waals surface area contributed by atoms with Crippen LogP contribution in [-0.4, -0.2) is 42.9 Å². The lowest BCUT2D eigenvalue weighted by atomic mass is 10.1. The van der Waals surface area contributed by atoms with Crippen molar-refractivity contribution in [2.24, 2.45) is 4.99 Å². The molecule has 1 atom stereocenters. The van der Waals surface area contributed by atoms with E-state index in [9.17, 15) is 13.2 Å². The second-order valence-corrected chi connectivity index (χ2v) is 10.8. The van der Waals surface area contributed by atoms with Crippen molar-refractivity contribution < 1.29 is 17.9 Å². The number of benzene rings is 2. The van der Waals surface area contributed by atoms with Crippen molar-refractivity contribution in [1.29, 1.82) is 0 Å². The lowest BCUT2D eigenvalue weighted by Crippen LogP contribution is -2.41. The smallest absolute Gasteiger partial charge is 0.279 e. The second kappa shape index (κ2) is 9.17. The zero-order valence-electron chi connectivity index (χ0n) is 18.4. The van der Waals surface area contributed by atoms with Crippen LogP contribution in [0.4, 0.5) is 0 Å². The van der Waals surface area contributed by atoms with Gasteiger partial charge in [0.15, 0.2) is 4.80 Å². The van der Waals surface area contributed by atoms with E-state index in [1.54, 1.807) is 23.5 Å². The number of ether oxygens (including phenoxy) is 1. The summed E-state index contributed by atoms with van der Waals surface area (Å²) in [4.78, 5) is 18.0. The average molecular weight is 474 g/mol. The van der Waals surface area contributed by atoms with Crippen molar-refractivity contribution in [1.82, 2.24) is 8.87 Å². The summed E-state index contributed by atoms with van der Waals surface area (Å²) in [5.74, 6) is 0.348. The van der Waals surface area contributed by atoms with E-state index in [0.29, 0.717) is 23.5 Å². The Labute approximate surface area is 192 Å². The van der Waals surface area contributed by atoms with E-state index in [0.717, 1.165) is 35.2 Å². The highest BCUT2D eigenvalue weighted by Gasteiger charge is 2.30. The molecule has 0 saturated carbocycles. The normalized spacial score (nSPS) is 18.2. The number of carbonyl (C=O) groups excluding carboxylic acids is 1. The van der Waals surface area contributed by atoms with Gasteiger partial charge in [-0.15, -0.1) is 0 Å². The highest BCUT2D eigenvalue weighted by molar-refractivity contribution is 7.89. The molecule has 1 aliphatic heterocycles. The molecule has 1 fully saturated rings. The predicted octanol–water partition coefficient (Wildman–Crippen LogP) is 4.04. The Morgan fingerprint density at radius 1 is 1.19 bits per heavy atom. The van der Waals surface area contributed by atoms with Crippen LogP contribution in [0.25, 0.3) is 10.2 Å². The first-order valence-corrected chi connectivity index (χ1v) is 13.0. The topological polar surface area (TPSA) is 81.0 Å². The molecular formula is C23H27N3O4S2. The summed E-state index contributed by atoms with van der Waals surface area (Å²) >= 11 is 1.42. The number of hydrogen-bond donors (Lipinski definition) is 0. The molecule has 1 aromatic heterocycles. The van der Waals surface area contributed by atoms with Crippen LogP contribution in [0.2, 0.25) is 0 Å². The van der Waals surface area contributed by atoms with Gasteiger partial charge >= 0.3 is 0 Å². The fourth-order valence-electron chi connectivity index (χ4n) is 4.06. The third-order valence-corrected chi connectivity index (χ3v) is 8.92. The summed E-state index contributed by atoms with van der Waals surface area (Å²) in [6.45, 7) is 5.15. The van der Waals surface area contributed by atoms with Gasteiger partial charge in [-0.1, -0.05) is 17.8 Å². The number of nitrogens with zero attached hydrogens (tertiary/aromatic N) is 3. The first-order valence-electron chi connectivity index (χ1n) is 10.7. The van der Waals surface area contributed by atoms with Crippen molar-refractivity contribution >= 4 is 37.5 Å². The molecule has 32 heavy (non-hydrogen) atoms. The summed E-state index contributed by atoms with van der Waals surface area (Å²) in [5, 5.41) is 0. The van der Waals surface area contributed by atoms with E-state index >= 15 is 0 Å². The monoisotopic (exact) mass is 473 g/mol. The summed E-state index contributed by atoms with van der Waals surface area (Å²) < 4.78 is 35.8. The number of rotatable bonds is 5. The van der Waals surface area contributed by atoms with Gasteiger partial charge in [-0.05, 0) is 69.2 Å². The molecule has 9 heteroatoms. The van der Waals surface area contributed by atoms with Crippen molar-refractivity contribution in [2.45, 2.75) is 50.6 Å². The highest BCUT2D eigenvalue weighted by Crippen LogP contribution is 2.26. The summed E-state index contributed by atoms with van der Waals surface area (Å²) in [6.07, 6.45) is 2.79. The number of hydrogen-bond acceptors (Lipinski definition) is 5. The Balaban J connectivity index is 1.64. The van der Waals surface area contributed by atoms with Crippen molar-refractivity contribution in [3.63, 3.8) is 0 Å². The van der Waals surface area contributed by atoms with E-state index in [1.807, 2.05) is 36.6 Å². The minimum Gasteiger partial charge on any atom is -0.497 e. The molecule has 0 aliphatic carbocycles. The van der Waals surface area contributed by atoms with E-state index in [-0.39, 0.29) is 10.9 Å². The third kappa shape index (κ3) is 4.24. The number of aromatic nitrogens is 1. The van der Waals surface area contributed by atoms with Gasteiger partial charge in [-0.2, -0.15) is 9.30 Å². The number of amides is 1. The van der Waals surface area contributed by atoms with Crippen LogP contribution in [0.15, 0.2) is 52.4 Å². The first kappa shape index (κ1) is 22.7. The van der Waals surface area contributed by atoms with Crippen LogP contribution in [0.1, 0.15) is 43.5 Å². The van der Waals surface area contributed by atoms with Gasteiger partial charge in [0.25, 0.3) is 5.91 Å². The molecule has 3 aromatic rings. The Bertz CT molecular complexity index is 1310. The number of thiazole rings is 1. The van der Waals surface area contributed by atoms with Gasteiger partial charge in [0, 0.05) is 24.7 Å². The van der Waals surface area contributed by atoms with Crippen LogP contribution in [0, 0.1) is 0 Å². The maximum Gasteiger partial charge on any atom is 0.279 e. The summed E-state index contributed by atoms with van der Waals surface area (Å²) in [7, 11) is -1.95. The molecule has 0 unspecified atom stereocenters. The van der Waals surface area contributed by atoms with E-state index in [2.05, 4.69) is 4.99 Å². The van der Waals surface area contributed by atoms with E-state index in [1.165, 1.54) is 23.5 Å². The lowest BCUT2D eigenvalue weighted by Gasteiger charge is -2.32. The zero-order chi connectivity index (χ0) is 22.9. The predicted molar refractivity (Wildman–Crippen MR) is 126 cm³/mol. The van der Waals surface area contributed by atoms with Gasteiger partial charge in [-0.3, -0.25) is 4.79 Å². The number of sulfonamides is 1.